The van der Waals surface area contributed by atoms with Crippen molar-refractivity contribution in [2.24, 2.45) is 11.1 Å². The molecule has 3 aliphatic rings. The fourth-order valence-corrected chi connectivity index (χ4v) is 4.07. The number of rotatable bonds is 4. The number of amides is 2. The van der Waals surface area contributed by atoms with Crippen molar-refractivity contribution in [3.63, 3.8) is 0 Å². The SMILES string of the molecule is CC1(C(N)=O)CC(C(=O)NC2CCOC2)=CC2=C1OCC2c1ccccc1. The number of primary amides is 1. The molecule has 3 atom stereocenters. The molecule has 6 nitrogen and oxygen atoms in total. The maximum Gasteiger partial charge on any atom is 0.247 e. The average molecular weight is 368 g/mol. The Morgan fingerprint density at radius 1 is 1.22 bits per heavy atom. The monoisotopic (exact) mass is 368 g/mol. The van der Waals surface area contributed by atoms with Crippen LogP contribution in [0.25, 0.3) is 0 Å². The van der Waals surface area contributed by atoms with Crippen molar-refractivity contribution in [2.45, 2.75) is 31.7 Å². The third-order valence-electron chi connectivity index (χ3n) is 5.71. The van der Waals surface area contributed by atoms with Gasteiger partial charge in [-0.15, -0.1) is 0 Å². The van der Waals surface area contributed by atoms with Gasteiger partial charge in [-0.25, -0.2) is 0 Å². The topological polar surface area (TPSA) is 90.7 Å². The number of carbonyl (C=O) groups is 2. The highest BCUT2D eigenvalue weighted by molar-refractivity contribution is 5.97. The van der Waals surface area contributed by atoms with Crippen LogP contribution in [0.5, 0.6) is 0 Å². The first kappa shape index (κ1) is 17.8. The van der Waals surface area contributed by atoms with Crippen LogP contribution in [-0.4, -0.2) is 37.7 Å². The molecule has 2 aliphatic heterocycles. The Morgan fingerprint density at radius 2 is 2.00 bits per heavy atom. The molecule has 2 amide bonds. The molecule has 1 aromatic rings. The summed E-state index contributed by atoms with van der Waals surface area (Å²) in [6.07, 6.45) is 2.92. The van der Waals surface area contributed by atoms with Gasteiger partial charge in [0, 0.05) is 23.7 Å². The zero-order valence-electron chi connectivity index (χ0n) is 15.4. The molecule has 2 heterocycles. The molecule has 3 unspecified atom stereocenters. The zero-order chi connectivity index (χ0) is 19.0. The minimum Gasteiger partial charge on any atom is -0.495 e. The molecule has 1 fully saturated rings. The lowest BCUT2D eigenvalue weighted by molar-refractivity contribution is -0.127. The van der Waals surface area contributed by atoms with Gasteiger partial charge in [-0.3, -0.25) is 9.59 Å². The predicted molar refractivity (Wildman–Crippen MR) is 99.5 cm³/mol. The third-order valence-corrected chi connectivity index (χ3v) is 5.71. The van der Waals surface area contributed by atoms with Crippen LogP contribution in [0.3, 0.4) is 0 Å². The first-order valence-electron chi connectivity index (χ1n) is 9.30. The van der Waals surface area contributed by atoms with Gasteiger partial charge < -0.3 is 20.5 Å². The third kappa shape index (κ3) is 3.14. The lowest BCUT2D eigenvalue weighted by atomic mass is 9.73. The average Bonchev–Trinajstić information content (AvgIpc) is 3.32. The van der Waals surface area contributed by atoms with E-state index in [0.29, 0.717) is 31.2 Å². The summed E-state index contributed by atoms with van der Waals surface area (Å²) < 4.78 is 11.3. The first-order chi connectivity index (χ1) is 13.0. The molecule has 1 saturated heterocycles. The lowest BCUT2D eigenvalue weighted by Crippen LogP contribution is -2.42. The van der Waals surface area contributed by atoms with E-state index in [1.165, 1.54) is 0 Å². The molecule has 6 heteroatoms. The lowest BCUT2D eigenvalue weighted by Gasteiger charge is -2.32. The molecule has 1 aliphatic carbocycles. The highest BCUT2D eigenvalue weighted by Crippen LogP contribution is 2.49. The minimum absolute atomic E-state index is 0.0124. The van der Waals surface area contributed by atoms with Gasteiger partial charge in [0.05, 0.1) is 19.3 Å². The normalized spacial score (nSPS) is 29.7. The molecule has 4 rings (SSSR count). The summed E-state index contributed by atoms with van der Waals surface area (Å²) in [7, 11) is 0. The fourth-order valence-electron chi connectivity index (χ4n) is 4.07. The Hall–Kier alpha value is -2.60. The molecule has 0 radical (unpaired) electrons. The number of nitrogens with two attached hydrogens (primary N) is 1. The molecule has 27 heavy (non-hydrogen) atoms. The van der Waals surface area contributed by atoms with Crippen molar-refractivity contribution >= 4 is 11.8 Å². The van der Waals surface area contributed by atoms with Gasteiger partial charge in [0.1, 0.15) is 11.2 Å². The van der Waals surface area contributed by atoms with E-state index in [2.05, 4.69) is 5.32 Å². The van der Waals surface area contributed by atoms with Crippen LogP contribution in [-0.2, 0) is 19.1 Å². The van der Waals surface area contributed by atoms with Gasteiger partial charge in [-0.2, -0.15) is 0 Å². The summed E-state index contributed by atoms with van der Waals surface area (Å²) in [4.78, 5) is 25.1. The maximum atomic E-state index is 12.8. The van der Waals surface area contributed by atoms with Crippen molar-refractivity contribution in [3.8, 4) is 0 Å². The highest BCUT2D eigenvalue weighted by Gasteiger charge is 2.47. The van der Waals surface area contributed by atoms with E-state index in [9.17, 15) is 9.59 Å². The first-order valence-corrected chi connectivity index (χ1v) is 9.30. The predicted octanol–water partition coefficient (Wildman–Crippen LogP) is 1.78. The van der Waals surface area contributed by atoms with Crippen LogP contribution < -0.4 is 11.1 Å². The van der Waals surface area contributed by atoms with E-state index in [1.54, 1.807) is 6.92 Å². The van der Waals surface area contributed by atoms with Crippen molar-refractivity contribution in [1.82, 2.24) is 5.32 Å². The minimum atomic E-state index is -1.02. The number of hydrogen-bond acceptors (Lipinski definition) is 4. The summed E-state index contributed by atoms with van der Waals surface area (Å²) in [5, 5.41) is 3.01. The Bertz CT molecular complexity index is 824. The summed E-state index contributed by atoms with van der Waals surface area (Å²) >= 11 is 0. The second-order valence-corrected chi connectivity index (χ2v) is 7.64. The van der Waals surface area contributed by atoms with Crippen LogP contribution in [0.4, 0.5) is 0 Å². The van der Waals surface area contributed by atoms with E-state index >= 15 is 0 Å². The molecule has 0 spiro atoms. The van der Waals surface area contributed by atoms with Crippen LogP contribution in [0.1, 0.15) is 31.2 Å². The van der Waals surface area contributed by atoms with Gasteiger partial charge in [-0.1, -0.05) is 30.3 Å². The van der Waals surface area contributed by atoms with Gasteiger partial charge in [0.25, 0.3) is 0 Å². The summed E-state index contributed by atoms with van der Waals surface area (Å²) in [6.45, 7) is 3.38. The van der Waals surface area contributed by atoms with Gasteiger partial charge in [-0.05, 0) is 31.4 Å². The molecule has 3 N–H and O–H groups in total. The zero-order valence-corrected chi connectivity index (χ0v) is 15.4. The number of nitrogens with one attached hydrogen (secondary N) is 1. The van der Waals surface area contributed by atoms with Gasteiger partial charge in [0.2, 0.25) is 11.8 Å². The van der Waals surface area contributed by atoms with Crippen LogP contribution >= 0.6 is 0 Å². The second kappa shape index (κ2) is 6.85. The smallest absolute Gasteiger partial charge is 0.247 e. The second-order valence-electron chi connectivity index (χ2n) is 7.64. The van der Waals surface area contributed by atoms with Crippen molar-refractivity contribution in [1.29, 1.82) is 0 Å². The van der Waals surface area contributed by atoms with Crippen LogP contribution in [0.2, 0.25) is 0 Å². The Morgan fingerprint density at radius 3 is 2.67 bits per heavy atom. The highest BCUT2D eigenvalue weighted by atomic mass is 16.5. The number of allylic oxidation sites excluding steroid dienone is 1. The number of ether oxygens (including phenoxy) is 2. The van der Waals surface area contributed by atoms with Crippen molar-refractivity contribution in [2.75, 3.05) is 19.8 Å². The quantitative estimate of drug-likeness (QED) is 0.848. The standard InChI is InChI=1S/C21H24N2O4/c1-21(20(22)25)10-14(19(24)23-15-7-8-26-11-15)9-16-17(12-27-18(16)21)13-5-3-2-4-6-13/h2-6,9,15,17H,7-8,10-12H2,1H3,(H2,22,25)(H,23,24). The summed E-state index contributed by atoms with van der Waals surface area (Å²) in [5.74, 6) is -0.0584. The number of carbonyl (C=O) groups excluding carboxylic acids is 2. The van der Waals surface area contributed by atoms with E-state index in [1.807, 2.05) is 36.4 Å². The molecule has 0 aromatic heterocycles. The van der Waals surface area contributed by atoms with E-state index < -0.39 is 11.3 Å². The molecular formula is C21H24N2O4. The van der Waals surface area contributed by atoms with E-state index in [4.69, 9.17) is 15.2 Å². The number of hydrogen-bond donors (Lipinski definition) is 2. The van der Waals surface area contributed by atoms with Gasteiger partial charge >= 0.3 is 0 Å². The van der Waals surface area contributed by atoms with E-state index in [0.717, 1.165) is 17.6 Å². The molecule has 1 aromatic carbocycles. The van der Waals surface area contributed by atoms with Crippen molar-refractivity contribution in [3.05, 3.63) is 58.9 Å². The van der Waals surface area contributed by atoms with Gasteiger partial charge in [0.15, 0.2) is 0 Å². The van der Waals surface area contributed by atoms with E-state index in [-0.39, 0.29) is 24.3 Å². The van der Waals surface area contributed by atoms with Crippen LogP contribution in [0.15, 0.2) is 53.3 Å². The van der Waals surface area contributed by atoms with Crippen LogP contribution in [0, 0.1) is 5.41 Å². The number of benzene rings is 1. The fraction of sp³-hybridized carbons (Fsp3) is 0.429. The van der Waals surface area contributed by atoms with Crippen molar-refractivity contribution < 1.29 is 19.1 Å². The molecule has 0 saturated carbocycles. The molecular weight excluding hydrogens is 344 g/mol. The Labute approximate surface area is 158 Å². The Balaban J connectivity index is 1.69. The Kier molecular flexibility index (Phi) is 4.52. The molecule has 0 bridgehead atoms. The molecule has 142 valence electrons. The largest absolute Gasteiger partial charge is 0.495 e. The summed E-state index contributed by atoms with van der Waals surface area (Å²) in [6, 6.07) is 9.98. The maximum absolute atomic E-state index is 12.8. The summed E-state index contributed by atoms with van der Waals surface area (Å²) in [5.41, 5.74) is 7.25.